The molecule has 15 heavy (non-hydrogen) atoms. The van der Waals surface area contributed by atoms with Gasteiger partial charge < -0.3 is 0 Å². The lowest BCUT2D eigenvalue weighted by Crippen LogP contribution is -2.33. The van der Waals surface area contributed by atoms with Crippen LogP contribution in [0.1, 0.15) is 13.3 Å². The van der Waals surface area contributed by atoms with Gasteiger partial charge in [-0.05, 0) is 20.4 Å². The topological polar surface area (TPSA) is 83.5 Å². The zero-order valence-corrected chi connectivity index (χ0v) is 11.0. The zero-order valence-electron chi connectivity index (χ0n) is 9.39. The summed E-state index contributed by atoms with van der Waals surface area (Å²) >= 11 is 0. The van der Waals surface area contributed by atoms with Crippen molar-refractivity contribution < 1.29 is 16.8 Å². The van der Waals surface area contributed by atoms with Gasteiger partial charge in [-0.1, -0.05) is 0 Å². The predicted molar refractivity (Wildman–Crippen MR) is 59.5 cm³/mol. The van der Waals surface area contributed by atoms with Crippen LogP contribution in [0.4, 0.5) is 0 Å². The second kappa shape index (κ2) is 5.24. The number of nitrogens with one attached hydrogen (secondary N) is 1. The average molecular weight is 258 g/mol. The van der Waals surface area contributed by atoms with E-state index in [4.69, 9.17) is 0 Å². The molecule has 1 atom stereocenters. The largest absolute Gasteiger partial charge is 0.218 e. The van der Waals surface area contributed by atoms with Crippen molar-refractivity contribution in [3.8, 4) is 0 Å². The van der Waals surface area contributed by atoms with E-state index in [2.05, 4.69) is 4.72 Å². The van der Waals surface area contributed by atoms with Crippen LogP contribution in [0.3, 0.4) is 0 Å². The van der Waals surface area contributed by atoms with Crippen LogP contribution in [-0.2, 0) is 20.0 Å². The molecule has 0 saturated heterocycles. The number of hydrogen-bond acceptors (Lipinski definition) is 4. The molecule has 0 aliphatic carbocycles. The Morgan fingerprint density at radius 3 is 2.00 bits per heavy atom. The van der Waals surface area contributed by atoms with Crippen molar-refractivity contribution in [3.05, 3.63) is 0 Å². The molecule has 8 heteroatoms. The van der Waals surface area contributed by atoms with Gasteiger partial charge in [-0.3, -0.25) is 0 Å². The molecule has 0 aromatic rings. The summed E-state index contributed by atoms with van der Waals surface area (Å²) in [6.07, 6.45) is 0.0870. The summed E-state index contributed by atoms with van der Waals surface area (Å²) in [5.41, 5.74) is 0. The molecule has 0 spiro atoms. The van der Waals surface area contributed by atoms with Gasteiger partial charge in [-0.2, -0.15) is 0 Å². The van der Waals surface area contributed by atoms with E-state index in [0.717, 1.165) is 4.31 Å². The maximum Gasteiger partial charge on any atom is 0.213 e. The van der Waals surface area contributed by atoms with Gasteiger partial charge in [0.15, 0.2) is 0 Å². The molecule has 0 saturated carbocycles. The van der Waals surface area contributed by atoms with E-state index in [-0.39, 0.29) is 12.2 Å². The van der Waals surface area contributed by atoms with Crippen molar-refractivity contribution in [3.63, 3.8) is 0 Å². The van der Waals surface area contributed by atoms with Crippen molar-refractivity contribution in [2.24, 2.45) is 0 Å². The van der Waals surface area contributed by atoms with E-state index in [9.17, 15) is 16.8 Å². The van der Waals surface area contributed by atoms with E-state index in [1.165, 1.54) is 28.1 Å². The maximum absolute atomic E-state index is 11.4. The van der Waals surface area contributed by atoms with E-state index in [1.807, 2.05) is 0 Å². The molecule has 0 aliphatic rings. The summed E-state index contributed by atoms with van der Waals surface area (Å²) in [7, 11) is -2.54. The number of rotatable bonds is 6. The third-order valence-electron chi connectivity index (χ3n) is 2.15. The lowest BCUT2D eigenvalue weighted by molar-refractivity contribution is 0.517. The highest BCUT2D eigenvalue weighted by Gasteiger charge is 2.22. The Bertz CT molecular complexity index is 385. The highest BCUT2D eigenvalue weighted by Crippen LogP contribution is 2.06. The predicted octanol–water partition coefficient (Wildman–Crippen LogP) is -0.794. The highest BCUT2D eigenvalue weighted by molar-refractivity contribution is 7.90. The monoisotopic (exact) mass is 258 g/mol. The SMILES string of the molecule is CNS(=O)(=O)C(C)CCS(=O)(=O)N(C)C. The second-order valence-electron chi connectivity index (χ2n) is 3.45. The standard InChI is InChI=1S/C7H18N2O4S2/c1-7(15(12,13)8-2)5-6-14(10,11)9(3)4/h7-8H,5-6H2,1-4H3. The van der Waals surface area contributed by atoms with Gasteiger partial charge >= 0.3 is 0 Å². The molecule has 0 aliphatic heterocycles. The molecule has 0 amide bonds. The maximum atomic E-state index is 11.4. The van der Waals surface area contributed by atoms with E-state index in [1.54, 1.807) is 0 Å². The third kappa shape index (κ3) is 4.45. The van der Waals surface area contributed by atoms with Crippen LogP contribution in [0.15, 0.2) is 0 Å². The van der Waals surface area contributed by atoms with Crippen LogP contribution < -0.4 is 4.72 Å². The quantitative estimate of drug-likeness (QED) is 0.676. The first-order valence-corrected chi connectivity index (χ1v) is 7.61. The average Bonchev–Trinajstić information content (AvgIpc) is 2.13. The lowest BCUT2D eigenvalue weighted by atomic mass is 10.4. The van der Waals surface area contributed by atoms with Crippen molar-refractivity contribution in [1.29, 1.82) is 0 Å². The Labute approximate surface area is 91.8 Å². The number of nitrogens with zero attached hydrogens (tertiary/aromatic N) is 1. The van der Waals surface area contributed by atoms with Crippen molar-refractivity contribution in [1.82, 2.24) is 9.03 Å². The molecule has 92 valence electrons. The molecule has 0 radical (unpaired) electrons. The number of hydrogen-bond donors (Lipinski definition) is 1. The molecular weight excluding hydrogens is 240 g/mol. The highest BCUT2D eigenvalue weighted by atomic mass is 32.2. The fraction of sp³-hybridized carbons (Fsp3) is 1.00. The fourth-order valence-corrected chi connectivity index (χ4v) is 2.85. The van der Waals surface area contributed by atoms with Gasteiger partial charge in [-0.25, -0.2) is 25.9 Å². The molecule has 0 aromatic heterocycles. The van der Waals surface area contributed by atoms with E-state index < -0.39 is 25.3 Å². The van der Waals surface area contributed by atoms with E-state index in [0.29, 0.717) is 0 Å². The van der Waals surface area contributed by atoms with Crippen molar-refractivity contribution in [2.45, 2.75) is 18.6 Å². The molecule has 0 aromatic carbocycles. The minimum Gasteiger partial charge on any atom is -0.218 e. The lowest BCUT2D eigenvalue weighted by Gasteiger charge is -2.14. The minimum absolute atomic E-state index is 0.0870. The molecule has 0 rings (SSSR count). The minimum atomic E-state index is -3.38. The fourth-order valence-electron chi connectivity index (χ4n) is 0.854. The first kappa shape index (κ1) is 14.8. The van der Waals surface area contributed by atoms with Gasteiger partial charge in [0.25, 0.3) is 0 Å². The van der Waals surface area contributed by atoms with Gasteiger partial charge in [0.05, 0.1) is 11.0 Å². The summed E-state index contributed by atoms with van der Waals surface area (Å²) in [5, 5.41) is -0.711. The Morgan fingerprint density at radius 2 is 1.67 bits per heavy atom. The molecule has 0 bridgehead atoms. The van der Waals surface area contributed by atoms with Crippen LogP contribution in [0.5, 0.6) is 0 Å². The summed E-state index contributed by atoms with van der Waals surface area (Å²) < 4.78 is 48.5. The van der Waals surface area contributed by atoms with Crippen molar-refractivity contribution in [2.75, 3.05) is 26.9 Å². The van der Waals surface area contributed by atoms with Gasteiger partial charge in [0.2, 0.25) is 20.0 Å². The summed E-state index contributed by atoms with van der Waals surface area (Å²) in [6, 6.07) is 0. The van der Waals surface area contributed by atoms with Crippen LogP contribution >= 0.6 is 0 Å². The number of sulfonamides is 2. The van der Waals surface area contributed by atoms with Crippen molar-refractivity contribution >= 4 is 20.0 Å². The molecular formula is C7H18N2O4S2. The molecule has 0 heterocycles. The summed E-state index contributed by atoms with van der Waals surface area (Å²) in [4.78, 5) is 0. The molecule has 1 N–H and O–H groups in total. The molecule has 6 nitrogen and oxygen atoms in total. The Hall–Kier alpha value is -0.180. The zero-order chi connectivity index (χ0) is 12.3. The normalized spacial score (nSPS) is 15.5. The molecule has 0 fully saturated rings. The Kier molecular flexibility index (Phi) is 5.18. The summed E-state index contributed by atoms with van der Waals surface area (Å²) in [6.45, 7) is 1.48. The van der Waals surface area contributed by atoms with Crippen LogP contribution in [0, 0.1) is 0 Å². The van der Waals surface area contributed by atoms with Crippen LogP contribution in [0.25, 0.3) is 0 Å². The molecule has 1 unspecified atom stereocenters. The third-order valence-corrected chi connectivity index (χ3v) is 5.88. The van der Waals surface area contributed by atoms with Gasteiger partial charge in [0.1, 0.15) is 0 Å². The smallest absolute Gasteiger partial charge is 0.213 e. The first-order chi connectivity index (χ1) is 6.63. The Morgan fingerprint density at radius 1 is 1.20 bits per heavy atom. The van der Waals surface area contributed by atoms with Gasteiger partial charge in [-0.15, -0.1) is 0 Å². The summed E-state index contributed by atoms with van der Waals surface area (Å²) in [5.74, 6) is -0.165. The van der Waals surface area contributed by atoms with E-state index >= 15 is 0 Å². The first-order valence-electron chi connectivity index (χ1n) is 4.46. The van der Waals surface area contributed by atoms with Crippen LogP contribution in [0.2, 0.25) is 0 Å². The van der Waals surface area contributed by atoms with Gasteiger partial charge in [0, 0.05) is 14.1 Å². The van der Waals surface area contributed by atoms with Crippen LogP contribution in [-0.4, -0.2) is 53.3 Å². The Balaban J connectivity index is 4.44. The second-order valence-corrected chi connectivity index (χ2v) is 8.05.